The van der Waals surface area contributed by atoms with Crippen LogP contribution < -0.4 is 0 Å². The summed E-state index contributed by atoms with van der Waals surface area (Å²) in [5.41, 5.74) is 2.52. The lowest BCUT2D eigenvalue weighted by Gasteiger charge is -1.82. The highest BCUT2D eigenvalue weighted by Gasteiger charge is 1.73. The molecule has 92 valence electrons. The van der Waals surface area contributed by atoms with Crippen molar-refractivity contribution in [3.63, 3.8) is 0 Å². The van der Waals surface area contributed by atoms with E-state index in [1.807, 2.05) is 38.1 Å². The fourth-order valence-corrected chi connectivity index (χ4v) is 0.853. The molecule has 0 N–H and O–H groups in total. The first-order chi connectivity index (χ1) is 8.20. The van der Waals surface area contributed by atoms with Gasteiger partial charge < -0.3 is 0 Å². The van der Waals surface area contributed by atoms with E-state index >= 15 is 0 Å². The number of pyridine rings is 2. The van der Waals surface area contributed by atoms with Crippen molar-refractivity contribution < 1.29 is 0 Å². The number of nitrogens with zero attached hydrogens (tertiary/aromatic N) is 2. The average molecular weight is 230 g/mol. The number of aromatic nitrogens is 2. The Morgan fingerprint density at radius 2 is 0.941 bits per heavy atom. The lowest BCUT2D eigenvalue weighted by atomic mass is 10.3. The molecule has 0 aliphatic rings. The molecular weight excluding hydrogens is 208 g/mol. The van der Waals surface area contributed by atoms with Gasteiger partial charge in [0.25, 0.3) is 0 Å². The molecule has 0 unspecified atom stereocenters. The Morgan fingerprint density at radius 1 is 0.706 bits per heavy atom. The van der Waals surface area contributed by atoms with E-state index < -0.39 is 0 Å². The highest BCUT2D eigenvalue weighted by Crippen LogP contribution is 1.89. The van der Waals surface area contributed by atoms with Crippen molar-refractivity contribution in [2.45, 2.75) is 34.1 Å². The third-order valence-electron chi connectivity index (χ3n) is 1.69. The van der Waals surface area contributed by atoms with Gasteiger partial charge >= 0.3 is 0 Å². The minimum Gasteiger partial charge on any atom is -0.265 e. The summed E-state index contributed by atoms with van der Waals surface area (Å²) in [5.74, 6) is 0. The first-order valence-electron chi connectivity index (χ1n) is 5.94. The molecule has 0 aromatic carbocycles. The largest absolute Gasteiger partial charge is 0.265 e. The van der Waals surface area contributed by atoms with Gasteiger partial charge in [-0.25, -0.2) is 0 Å². The summed E-state index contributed by atoms with van der Waals surface area (Å²) in [6.07, 6.45) is 8.40. The molecule has 0 aliphatic carbocycles. The van der Waals surface area contributed by atoms with Crippen LogP contribution in [0.2, 0.25) is 0 Å². The topological polar surface area (TPSA) is 25.8 Å². The van der Waals surface area contributed by atoms with Crippen molar-refractivity contribution in [2.24, 2.45) is 0 Å². The molecule has 0 amide bonds. The fourth-order valence-electron chi connectivity index (χ4n) is 0.853. The van der Waals surface area contributed by atoms with Gasteiger partial charge in [0.15, 0.2) is 0 Å². The van der Waals surface area contributed by atoms with E-state index in [9.17, 15) is 0 Å². The van der Waals surface area contributed by atoms with Crippen LogP contribution in [-0.2, 0) is 0 Å². The number of hydrogen-bond donors (Lipinski definition) is 0. The van der Waals surface area contributed by atoms with Gasteiger partial charge in [-0.05, 0) is 49.2 Å². The van der Waals surface area contributed by atoms with Crippen LogP contribution in [-0.4, -0.2) is 9.97 Å². The third-order valence-corrected chi connectivity index (χ3v) is 1.69. The molecule has 2 aromatic heterocycles. The summed E-state index contributed by atoms with van der Waals surface area (Å²) < 4.78 is 0. The Morgan fingerprint density at radius 3 is 1.06 bits per heavy atom. The van der Waals surface area contributed by atoms with Crippen LogP contribution in [0.4, 0.5) is 0 Å². The molecule has 0 fully saturated rings. The van der Waals surface area contributed by atoms with Crippen LogP contribution in [0.25, 0.3) is 0 Å². The Bertz CT molecular complexity index is 320. The normalized spacial score (nSPS) is 8.24. The molecule has 0 bridgehead atoms. The monoisotopic (exact) mass is 230 g/mol. The van der Waals surface area contributed by atoms with Crippen molar-refractivity contribution in [3.05, 3.63) is 60.2 Å². The van der Waals surface area contributed by atoms with E-state index in [1.54, 1.807) is 24.8 Å². The molecule has 0 spiro atoms. The highest BCUT2D eigenvalue weighted by molar-refractivity contribution is 5.06. The average Bonchev–Trinajstić information content (AvgIpc) is 2.33. The predicted octanol–water partition coefficient (Wildman–Crippen LogP) is 4.20. The van der Waals surface area contributed by atoms with E-state index in [0.717, 1.165) is 0 Å². The molecule has 2 heteroatoms. The van der Waals surface area contributed by atoms with Crippen molar-refractivity contribution >= 4 is 0 Å². The molecule has 2 nitrogen and oxygen atoms in total. The van der Waals surface area contributed by atoms with Crippen LogP contribution >= 0.6 is 0 Å². The second-order valence-corrected chi connectivity index (χ2v) is 3.76. The number of hydrogen-bond acceptors (Lipinski definition) is 2. The second-order valence-electron chi connectivity index (χ2n) is 3.76. The summed E-state index contributed by atoms with van der Waals surface area (Å²) in [6.45, 7) is 8.34. The van der Waals surface area contributed by atoms with Crippen molar-refractivity contribution in [2.75, 3.05) is 0 Å². The molecule has 2 rings (SSSR count). The molecular formula is C15H22N2. The molecule has 0 aliphatic heterocycles. The molecule has 0 radical (unpaired) electrons. The third kappa shape index (κ3) is 10.6. The number of rotatable bonds is 0. The van der Waals surface area contributed by atoms with E-state index in [1.165, 1.54) is 17.5 Å². The van der Waals surface area contributed by atoms with Crippen LogP contribution in [0.5, 0.6) is 0 Å². The molecule has 2 aromatic rings. The van der Waals surface area contributed by atoms with E-state index in [0.29, 0.717) is 0 Å². The van der Waals surface area contributed by atoms with Crippen LogP contribution in [0.1, 0.15) is 31.4 Å². The summed E-state index contributed by atoms with van der Waals surface area (Å²) in [5, 5.41) is 0. The maximum absolute atomic E-state index is 3.85. The Labute approximate surface area is 105 Å². The van der Waals surface area contributed by atoms with E-state index in [-0.39, 0.29) is 0 Å². The smallest absolute Gasteiger partial charge is 0.0270 e. The van der Waals surface area contributed by atoms with Crippen LogP contribution in [0.3, 0.4) is 0 Å². The zero-order valence-corrected chi connectivity index (χ0v) is 11.2. The van der Waals surface area contributed by atoms with E-state index in [4.69, 9.17) is 0 Å². The van der Waals surface area contributed by atoms with Crippen LogP contribution in [0.15, 0.2) is 49.1 Å². The molecule has 0 saturated carbocycles. The van der Waals surface area contributed by atoms with Crippen LogP contribution in [0, 0.1) is 13.8 Å². The van der Waals surface area contributed by atoms with Gasteiger partial charge in [0.2, 0.25) is 0 Å². The molecule has 2 heterocycles. The summed E-state index contributed by atoms with van der Waals surface area (Å²) in [6, 6.07) is 7.89. The minimum absolute atomic E-state index is 1.25. The van der Waals surface area contributed by atoms with Gasteiger partial charge in [0.05, 0.1) is 0 Å². The Balaban J connectivity index is 0.000000247. The fraction of sp³-hybridized carbons (Fsp3) is 0.333. The highest BCUT2D eigenvalue weighted by atomic mass is 14.6. The van der Waals surface area contributed by atoms with E-state index in [2.05, 4.69) is 23.8 Å². The summed E-state index contributed by atoms with van der Waals surface area (Å²) >= 11 is 0. The standard InChI is InChI=1S/2C6H7N.C3H8/c2*1-6-2-4-7-5-3-6;1-3-2/h2*2-5H,1H3;3H2,1-2H3. The lowest BCUT2D eigenvalue weighted by molar-refractivity contribution is 1.09. The maximum atomic E-state index is 3.85. The van der Waals surface area contributed by atoms with Crippen molar-refractivity contribution in [1.82, 2.24) is 9.97 Å². The van der Waals surface area contributed by atoms with Gasteiger partial charge in [0, 0.05) is 24.8 Å². The number of aryl methyl sites for hydroxylation is 2. The quantitative estimate of drug-likeness (QED) is 0.678. The van der Waals surface area contributed by atoms with Gasteiger partial charge in [-0.2, -0.15) is 0 Å². The molecule has 17 heavy (non-hydrogen) atoms. The first kappa shape index (κ1) is 15.3. The second kappa shape index (κ2) is 10.8. The van der Waals surface area contributed by atoms with Gasteiger partial charge in [-0.3, -0.25) is 9.97 Å². The summed E-state index contributed by atoms with van der Waals surface area (Å²) in [4.78, 5) is 7.69. The Kier molecular flexibility index (Phi) is 9.73. The molecule has 0 atom stereocenters. The van der Waals surface area contributed by atoms with Crippen molar-refractivity contribution in [1.29, 1.82) is 0 Å². The summed E-state index contributed by atoms with van der Waals surface area (Å²) in [7, 11) is 0. The zero-order chi connectivity index (χ0) is 12.9. The maximum Gasteiger partial charge on any atom is 0.0270 e. The Hall–Kier alpha value is -1.70. The van der Waals surface area contributed by atoms with Gasteiger partial charge in [0.1, 0.15) is 0 Å². The molecule has 0 saturated heterocycles. The zero-order valence-electron chi connectivity index (χ0n) is 11.2. The lowest BCUT2D eigenvalue weighted by Crippen LogP contribution is -1.68. The predicted molar refractivity (Wildman–Crippen MR) is 73.9 cm³/mol. The first-order valence-corrected chi connectivity index (χ1v) is 5.94. The SMILES string of the molecule is CCC.Cc1ccncc1.Cc1ccncc1. The minimum atomic E-state index is 1.25. The van der Waals surface area contributed by atoms with Crippen molar-refractivity contribution in [3.8, 4) is 0 Å². The van der Waals surface area contributed by atoms with Gasteiger partial charge in [-0.1, -0.05) is 20.3 Å². The van der Waals surface area contributed by atoms with Gasteiger partial charge in [-0.15, -0.1) is 0 Å².